The van der Waals surface area contributed by atoms with Gasteiger partial charge in [-0.2, -0.15) is 8.75 Å². The average molecular weight is 962 g/mol. The van der Waals surface area contributed by atoms with E-state index in [0.29, 0.717) is 0 Å². The second-order valence-corrected chi connectivity index (χ2v) is 22.2. The first-order valence-electron chi connectivity index (χ1n) is 28.7. The van der Waals surface area contributed by atoms with Crippen LogP contribution in [0.1, 0.15) is 241 Å². The Kier molecular flexibility index (Phi) is 18.9. The monoisotopic (exact) mass is 961 g/mol. The van der Waals surface area contributed by atoms with Gasteiger partial charge in [0.1, 0.15) is 11.0 Å². The van der Waals surface area contributed by atoms with Gasteiger partial charge in [0.15, 0.2) is 0 Å². The second kappa shape index (κ2) is 25.6. The van der Waals surface area contributed by atoms with Crippen LogP contribution in [0.25, 0.3) is 55.5 Å². The van der Waals surface area contributed by atoms with Crippen molar-refractivity contribution >= 4 is 22.8 Å². The molecule has 0 unspecified atom stereocenters. The van der Waals surface area contributed by atoms with Crippen molar-refractivity contribution in [3.63, 3.8) is 0 Å². The predicted octanol–water partition coefficient (Wildman–Crippen LogP) is 20.5. The summed E-state index contributed by atoms with van der Waals surface area (Å²) in [5, 5.41) is 0. The molecule has 71 heavy (non-hydrogen) atoms. The highest BCUT2D eigenvalue weighted by atomic mass is 32.1. The van der Waals surface area contributed by atoms with E-state index in [9.17, 15) is 0 Å². The Morgan fingerprint density at radius 3 is 0.958 bits per heavy atom. The van der Waals surface area contributed by atoms with Crippen LogP contribution in [-0.4, -0.2) is 8.75 Å². The Morgan fingerprint density at radius 2 is 0.634 bits per heavy atom. The highest BCUT2D eigenvalue weighted by molar-refractivity contribution is 7.00. The van der Waals surface area contributed by atoms with Crippen molar-refractivity contribution in [1.29, 1.82) is 0 Å². The highest BCUT2D eigenvalue weighted by Gasteiger charge is 2.44. The Labute approximate surface area is 435 Å². The average Bonchev–Trinajstić information content (AvgIpc) is 4.08. The third-order valence-electron chi connectivity index (χ3n) is 16.9. The molecule has 5 aromatic carbocycles. The minimum Gasteiger partial charge on any atom is -0.172 e. The SMILES string of the molecule is C#Cc1ccc2c(c1)C(CCCCCCCC)(CCCCCCCC)c1cc(-c3ccc(-c4ccc5c(c4)C(CCCCCCCC)(CCCCCCCC)c4cc(C#C)ccc4-5)c4nsnc34)ccc1-2. The summed E-state index contributed by atoms with van der Waals surface area (Å²) in [6, 6.07) is 33.1. The van der Waals surface area contributed by atoms with Gasteiger partial charge in [-0.05, 0) is 118 Å². The van der Waals surface area contributed by atoms with Gasteiger partial charge < -0.3 is 0 Å². The summed E-state index contributed by atoms with van der Waals surface area (Å²) in [6.07, 6.45) is 48.0. The smallest absolute Gasteiger partial charge is 0.113 e. The van der Waals surface area contributed by atoms with Crippen LogP contribution in [0.15, 0.2) is 84.9 Å². The lowest BCUT2D eigenvalue weighted by atomic mass is 9.70. The molecule has 0 atom stereocenters. The highest BCUT2D eigenvalue weighted by Crippen LogP contribution is 2.57. The van der Waals surface area contributed by atoms with Crippen LogP contribution >= 0.6 is 11.7 Å². The molecule has 2 nitrogen and oxygen atoms in total. The number of nitrogens with zero attached hydrogens (tertiary/aromatic N) is 2. The van der Waals surface area contributed by atoms with Gasteiger partial charge in [-0.25, -0.2) is 0 Å². The van der Waals surface area contributed by atoms with Crippen LogP contribution < -0.4 is 0 Å². The first-order valence-corrected chi connectivity index (χ1v) is 29.5. The zero-order chi connectivity index (χ0) is 49.5. The molecule has 0 aliphatic heterocycles. The van der Waals surface area contributed by atoms with E-state index in [2.05, 4.69) is 124 Å². The van der Waals surface area contributed by atoms with Gasteiger partial charge in [0.2, 0.25) is 0 Å². The molecule has 0 radical (unpaired) electrons. The standard InChI is InChI=1S/C68H84N2S/c1-7-13-17-21-25-29-43-67(44-30-26-22-18-14-8-2)61-47-51(11-5)33-37-57(61)59-39-35-53(49-63(59)67)55-41-42-56(66-65(55)69-71-70-66)54-36-40-60-58-38-34-52(12-6)48-62(58)68(64(60)50-54,45-31-27-23-19-15-9-3)46-32-28-24-20-16-10-4/h5-6,33-42,47-50H,7-10,13-32,43-46H2,1-4H3. The van der Waals surface area contributed by atoms with E-state index in [4.69, 9.17) is 21.6 Å². The molecule has 0 fully saturated rings. The molecule has 0 bridgehead atoms. The Hall–Kier alpha value is -4.96. The Morgan fingerprint density at radius 1 is 0.352 bits per heavy atom. The van der Waals surface area contributed by atoms with Crippen molar-refractivity contribution in [2.45, 2.75) is 218 Å². The van der Waals surface area contributed by atoms with E-state index >= 15 is 0 Å². The van der Waals surface area contributed by atoms with Crippen LogP contribution in [0, 0.1) is 24.7 Å². The second-order valence-electron chi connectivity index (χ2n) is 21.7. The molecule has 0 saturated heterocycles. The van der Waals surface area contributed by atoms with Crippen LogP contribution in [0.5, 0.6) is 0 Å². The lowest BCUT2D eigenvalue weighted by molar-refractivity contribution is 0.398. The maximum absolute atomic E-state index is 6.15. The van der Waals surface area contributed by atoms with E-state index in [1.807, 2.05) is 0 Å². The topological polar surface area (TPSA) is 25.8 Å². The van der Waals surface area contributed by atoms with Crippen molar-refractivity contribution in [3.05, 3.63) is 118 Å². The van der Waals surface area contributed by atoms with E-state index in [1.54, 1.807) is 0 Å². The number of rotatable bonds is 30. The van der Waals surface area contributed by atoms with Crippen molar-refractivity contribution in [2.75, 3.05) is 0 Å². The van der Waals surface area contributed by atoms with Gasteiger partial charge in [-0.1, -0.05) is 242 Å². The van der Waals surface area contributed by atoms with E-state index < -0.39 is 0 Å². The molecule has 2 aliphatic carbocycles. The van der Waals surface area contributed by atoms with Crippen LogP contribution in [0.4, 0.5) is 0 Å². The van der Waals surface area contributed by atoms with Crippen LogP contribution in [-0.2, 0) is 10.8 Å². The first-order chi connectivity index (χ1) is 35.0. The molecule has 0 N–H and O–H groups in total. The zero-order valence-electron chi connectivity index (χ0n) is 44.3. The van der Waals surface area contributed by atoms with E-state index in [-0.39, 0.29) is 10.8 Å². The fourth-order valence-electron chi connectivity index (χ4n) is 13.0. The van der Waals surface area contributed by atoms with Gasteiger partial charge in [-0.15, -0.1) is 12.8 Å². The molecule has 2 aliphatic rings. The lowest BCUT2D eigenvalue weighted by Gasteiger charge is -2.33. The fourth-order valence-corrected chi connectivity index (χ4v) is 13.6. The van der Waals surface area contributed by atoms with Crippen molar-refractivity contribution < 1.29 is 0 Å². The summed E-state index contributed by atoms with van der Waals surface area (Å²) in [4.78, 5) is 0. The molecular weight excluding hydrogens is 877 g/mol. The third-order valence-corrected chi connectivity index (χ3v) is 17.4. The number of terminal acetylenes is 2. The van der Waals surface area contributed by atoms with Gasteiger partial charge in [0.25, 0.3) is 0 Å². The van der Waals surface area contributed by atoms with E-state index in [0.717, 1.165) is 47.8 Å². The van der Waals surface area contributed by atoms with Crippen molar-refractivity contribution in [3.8, 4) is 69.2 Å². The number of aromatic nitrogens is 2. The first kappa shape index (κ1) is 52.4. The summed E-state index contributed by atoms with van der Waals surface area (Å²) < 4.78 is 10.3. The summed E-state index contributed by atoms with van der Waals surface area (Å²) in [5.41, 5.74) is 20.1. The number of fused-ring (bicyclic) bond motifs is 7. The lowest BCUT2D eigenvalue weighted by Crippen LogP contribution is -2.26. The maximum Gasteiger partial charge on any atom is 0.113 e. The van der Waals surface area contributed by atoms with Crippen molar-refractivity contribution in [2.24, 2.45) is 0 Å². The number of benzene rings is 5. The van der Waals surface area contributed by atoms with Gasteiger partial charge >= 0.3 is 0 Å². The minimum atomic E-state index is -0.0666. The quantitative estimate of drug-likeness (QED) is 0.0332. The molecule has 6 aromatic rings. The van der Waals surface area contributed by atoms with Crippen LogP contribution in [0.3, 0.4) is 0 Å². The largest absolute Gasteiger partial charge is 0.172 e. The Balaban J connectivity index is 1.18. The maximum atomic E-state index is 6.15. The van der Waals surface area contributed by atoms with Gasteiger partial charge in [0, 0.05) is 33.1 Å². The summed E-state index contributed by atoms with van der Waals surface area (Å²) in [5.74, 6) is 6.03. The molecule has 372 valence electrons. The van der Waals surface area contributed by atoms with Gasteiger partial charge in [-0.3, -0.25) is 0 Å². The zero-order valence-corrected chi connectivity index (χ0v) is 45.2. The van der Waals surface area contributed by atoms with E-state index in [1.165, 1.54) is 233 Å². The predicted molar refractivity (Wildman–Crippen MR) is 309 cm³/mol. The summed E-state index contributed by atoms with van der Waals surface area (Å²) in [6.45, 7) is 9.25. The Bertz CT molecular complexity index is 2550. The van der Waals surface area contributed by atoms with Crippen LogP contribution in [0.2, 0.25) is 0 Å². The molecule has 1 aromatic heterocycles. The fraction of sp³-hybridized carbons (Fsp3) is 0.500. The molecule has 0 saturated carbocycles. The molecule has 0 spiro atoms. The minimum absolute atomic E-state index is 0.0666. The normalized spacial score (nSPS) is 13.7. The summed E-state index contributed by atoms with van der Waals surface area (Å²) >= 11 is 1.35. The molecule has 1 heterocycles. The number of hydrogen-bond acceptors (Lipinski definition) is 3. The van der Waals surface area contributed by atoms with Gasteiger partial charge in [0.05, 0.1) is 11.7 Å². The number of hydrogen-bond donors (Lipinski definition) is 0. The summed E-state index contributed by atoms with van der Waals surface area (Å²) in [7, 11) is 0. The molecule has 3 heteroatoms. The molecule has 8 rings (SSSR count). The third kappa shape index (κ3) is 11.5. The number of unbranched alkanes of at least 4 members (excludes halogenated alkanes) is 20. The molecular formula is C68H84N2S. The molecule has 0 amide bonds. The van der Waals surface area contributed by atoms with Crippen molar-refractivity contribution in [1.82, 2.24) is 8.75 Å².